The fraction of sp³-hybridized carbons (Fsp3) is 1.00. The Labute approximate surface area is 86.5 Å². The molecule has 0 spiro atoms. The smallest absolute Gasteiger partial charge is 0.0719 e. The van der Waals surface area contributed by atoms with Crippen LogP contribution in [0.5, 0.6) is 0 Å². The van der Waals surface area contributed by atoms with Crippen LogP contribution in [0, 0.1) is 5.92 Å². The molecule has 2 aliphatic rings. The highest BCUT2D eigenvalue weighted by molar-refractivity contribution is 4.82. The summed E-state index contributed by atoms with van der Waals surface area (Å²) in [7, 11) is 0. The molecule has 1 aliphatic carbocycles. The van der Waals surface area contributed by atoms with E-state index >= 15 is 0 Å². The van der Waals surface area contributed by atoms with Crippen LogP contribution in [0.3, 0.4) is 0 Å². The molecule has 2 rings (SSSR count). The standard InChI is InChI=1S/C11H22N2O/c12-14-9-10-4-3-7-13(8-10)11-5-1-2-6-11/h10-11H,1-9,12H2. The largest absolute Gasteiger partial charge is 0.304 e. The molecule has 0 amide bonds. The average molecular weight is 198 g/mol. The Morgan fingerprint density at radius 1 is 1.14 bits per heavy atom. The first kappa shape index (κ1) is 10.4. The van der Waals surface area contributed by atoms with E-state index in [1.165, 1.54) is 51.6 Å². The van der Waals surface area contributed by atoms with Crippen molar-refractivity contribution in [2.75, 3.05) is 19.7 Å². The van der Waals surface area contributed by atoms with Crippen LogP contribution >= 0.6 is 0 Å². The van der Waals surface area contributed by atoms with Crippen molar-refractivity contribution in [3.8, 4) is 0 Å². The molecule has 0 bridgehead atoms. The van der Waals surface area contributed by atoms with Crippen molar-refractivity contribution in [2.24, 2.45) is 11.8 Å². The third-order valence-electron chi connectivity index (χ3n) is 3.72. The number of nitrogens with zero attached hydrogens (tertiary/aromatic N) is 1. The predicted molar refractivity (Wildman–Crippen MR) is 56.7 cm³/mol. The lowest BCUT2D eigenvalue weighted by Crippen LogP contribution is -2.42. The average Bonchev–Trinajstić information content (AvgIpc) is 2.71. The van der Waals surface area contributed by atoms with Gasteiger partial charge < -0.3 is 9.74 Å². The van der Waals surface area contributed by atoms with Gasteiger partial charge in [-0.25, -0.2) is 5.90 Å². The van der Waals surface area contributed by atoms with Gasteiger partial charge >= 0.3 is 0 Å². The number of hydrogen-bond acceptors (Lipinski definition) is 3. The van der Waals surface area contributed by atoms with Gasteiger partial charge in [0.15, 0.2) is 0 Å². The Morgan fingerprint density at radius 3 is 2.64 bits per heavy atom. The summed E-state index contributed by atoms with van der Waals surface area (Å²) >= 11 is 0. The van der Waals surface area contributed by atoms with Gasteiger partial charge in [-0.2, -0.15) is 0 Å². The summed E-state index contributed by atoms with van der Waals surface area (Å²) in [4.78, 5) is 7.43. The minimum absolute atomic E-state index is 0.675. The van der Waals surface area contributed by atoms with Crippen molar-refractivity contribution in [2.45, 2.75) is 44.6 Å². The van der Waals surface area contributed by atoms with E-state index < -0.39 is 0 Å². The summed E-state index contributed by atoms with van der Waals surface area (Å²) in [6.45, 7) is 3.25. The second-order valence-electron chi connectivity index (χ2n) is 4.77. The monoisotopic (exact) mass is 198 g/mol. The van der Waals surface area contributed by atoms with Crippen molar-refractivity contribution in [1.29, 1.82) is 0 Å². The third-order valence-corrected chi connectivity index (χ3v) is 3.72. The maximum Gasteiger partial charge on any atom is 0.0719 e. The topological polar surface area (TPSA) is 38.5 Å². The van der Waals surface area contributed by atoms with Crippen LogP contribution in [-0.4, -0.2) is 30.6 Å². The van der Waals surface area contributed by atoms with Crippen LogP contribution in [-0.2, 0) is 4.84 Å². The van der Waals surface area contributed by atoms with Crippen LogP contribution in [0.15, 0.2) is 0 Å². The minimum atomic E-state index is 0.675. The molecule has 3 heteroatoms. The third kappa shape index (κ3) is 2.47. The van der Waals surface area contributed by atoms with Gasteiger partial charge in [-0.15, -0.1) is 0 Å². The first-order chi connectivity index (χ1) is 6.90. The molecule has 1 saturated heterocycles. The Bertz CT molecular complexity index is 167. The molecule has 1 atom stereocenters. The normalized spacial score (nSPS) is 31.1. The second kappa shape index (κ2) is 5.10. The van der Waals surface area contributed by atoms with E-state index in [1.54, 1.807) is 0 Å². The molecule has 3 nitrogen and oxygen atoms in total. The van der Waals surface area contributed by atoms with Crippen molar-refractivity contribution in [3.63, 3.8) is 0 Å². The molecule has 0 aromatic heterocycles. The highest BCUT2D eigenvalue weighted by Crippen LogP contribution is 2.27. The predicted octanol–water partition coefficient (Wildman–Crippen LogP) is 1.53. The van der Waals surface area contributed by atoms with Gasteiger partial charge in [0, 0.05) is 12.6 Å². The molecule has 82 valence electrons. The molecule has 2 fully saturated rings. The Morgan fingerprint density at radius 2 is 1.93 bits per heavy atom. The summed E-state index contributed by atoms with van der Waals surface area (Å²) in [6, 6.07) is 0.871. The SMILES string of the molecule is NOCC1CCCN(C2CCCC2)C1. The molecule has 1 heterocycles. The zero-order valence-electron chi connectivity index (χ0n) is 8.95. The Kier molecular flexibility index (Phi) is 3.79. The van der Waals surface area contributed by atoms with Gasteiger partial charge in [-0.3, -0.25) is 0 Å². The van der Waals surface area contributed by atoms with E-state index in [4.69, 9.17) is 10.7 Å². The van der Waals surface area contributed by atoms with Crippen LogP contribution in [0.1, 0.15) is 38.5 Å². The van der Waals surface area contributed by atoms with Gasteiger partial charge in [-0.1, -0.05) is 12.8 Å². The molecule has 2 N–H and O–H groups in total. The van der Waals surface area contributed by atoms with Gasteiger partial charge in [-0.05, 0) is 38.1 Å². The van der Waals surface area contributed by atoms with Crippen molar-refractivity contribution < 1.29 is 4.84 Å². The summed E-state index contributed by atoms with van der Waals surface area (Å²) < 4.78 is 0. The first-order valence-electron chi connectivity index (χ1n) is 5.96. The van der Waals surface area contributed by atoms with Gasteiger partial charge in [0.1, 0.15) is 0 Å². The van der Waals surface area contributed by atoms with Gasteiger partial charge in [0.25, 0.3) is 0 Å². The number of rotatable bonds is 3. The Hall–Kier alpha value is -0.120. The van der Waals surface area contributed by atoms with Crippen molar-refractivity contribution >= 4 is 0 Å². The minimum Gasteiger partial charge on any atom is -0.304 e. The quantitative estimate of drug-likeness (QED) is 0.699. The molecule has 14 heavy (non-hydrogen) atoms. The summed E-state index contributed by atoms with van der Waals surface area (Å²) in [6.07, 6.45) is 8.30. The number of nitrogens with two attached hydrogens (primary N) is 1. The lowest BCUT2D eigenvalue weighted by Gasteiger charge is -2.36. The van der Waals surface area contributed by atoms with Gasteiger partial charge in [0.05, 0.1) is 6.61 Å². The van der Waals surface area contributed by atoms with Crippen molar-refractivity contribution in [1.82, 2.24) is 4.90 Å². The van der Waals surface area contributed by atoms with E-state index in [-0.39, 0.29) is 0 Å². The van der Waals surface area contributed by atoms with Crippen LogP contribution in [0.25, 0.3) is 0 Å². The highest BCUT2D eigenvalue weighted by atomic mass is 16.6. The van der Waals surface area contributed by atoms with Crippen molar-refractivity contribution in [3.05, 3.63) is 0 Å². The number of likely N-dealkylation sites (tertiary alicyclic amines) is 1. The lowest BCUT2D eigenvalue weighted by molar-refractivity contribution is 0.0468. The zero-order valence-corrected chi connectivity index (χ0v) is 8.95. The van der Waals surface area contributed by atoms with E-state index in [0.717, 1.165) is 12.6 Å². The number of piperidine rings is 1. The fourth-order valence-corrected chi connectivity index (χ4v) is 2.97. The Balaban J connectivity index is 1.80. The molecular weight excluding hydrogens is 176 g/mol. The molecule has 0 aromatic carbocycles. The van der Waals surface area contributed by atoms with E-state index in [1.807, 2.05) is 0 Å². The molecule has 1 aliphatic heterocycles. The lowest BCUT2D eigenvalue weighted by atomic mass is 9.97. The molecule has 1 saturated carbocycles. The number of hydrogen-bond donors (Lipinski definition) is 1. The van der Waals surface area contributed by atoms with E-state index in [0.29, 0.717) is 5.92 Å². The molecule has 0 radical (unpaired) electrons. The first-order valence-corrected chi connectivity index (χ1v) is 5.96. The van der Waals surface area contributed by atoms with E-state index in [9.17, 15) is 0 Å². The fourth-order valence-electron chi connectivity index (χ4n) is 2.97. The van der Waals surface area contributed by atoms with Crippen LogP contribution in [0.2, 0.25) is 0 Å². The second-order valence-corrected chi connectivity index (χ2v) is 4.77. The molecule has 1 unspecified atom stereocenters. The van der Waals surface area contributed by atoms with Crippen LogP contribution < -0.4 is 5.90 Å². The maximum absolute atomic E-state index is 5.14. The van der Waals surface area contributed by atoms with Gasteiger partial charge in [0.2, 0.25) is 0 Å². The summed E-state index contributed by atoms with van der Waals surface area (Å²) in [5.74, 6) is 5.82. The summed E-state index contributed by atoms with van der Waals surface area (Å²) in [5, 5.41) is 0. The molecule has 0 aromatic rings. The molecular formula is C11H22N2O. The maximum atomic E-state index is 5.14. The van der Waals surface area contributed by atoms with E-state index in [2.05, 4.69) is 4.90 Å². The highest BCUT2D eigenvalue weighted by Gasteiger charge is 2.27. The zero-order chi connectivity index (χ0) is 9.80. The van der Waals surface area contributed by atoms with Crippen LogP contribution in [0.4, 0.5) is 0 Å². The summed E-state index contributed by atoms with van der Waals surface area (Å²) in [5.41, 5.74) is 0.